The lowest BCUT2D eigenvalue weighted by Gasteiger charge is -1.98. The summed E-state index contributed by atoms with van der Waals surface area (Å²) >= 11 is 3.39. The Morgan fingerprint density at radius 2 is 2.00 bits per heavy atom. The van der Waals surface area contributed by atoms with Crippen LogP contribution in [-0.4, -0.2) is 15.3 Å². The molecule has 2 rings (SSSR count). The van der Waals surface area contributed by atoms with Gasteiger partial charge in [0, 0.05) is 23.6 Å². The Balaban J connectivity index is 2.08. The van der Waals surface area contributed by atoms with Crippen LogP contribution < -0.4 is 0 Å². The smallest absolute Gasteiger partial charge is 0.131 e. The zero-order valence-electron chi connectivity index (χ0n) is 6.83. The molecule has 64 valence electrons. The van der Waals surface area contributed by atoms with Crippen LogP contribution in [0.25, 0.3) is 0 Å². The van der Waals surface area contributed by atoms with Gasteiger partial charge in [0.05, 0.1) is 0 Å². The van der Waals surface area contributed by atoms with Crippen LogP contribution in [-0.2, 0) is 6.42 Å². The van der Waals surface area contributed by atoms with E-state index in [2.05, 4.69) is 25.9 Å². The number of alkyl halides is 1. The maximum atomic E-state index is 4.33. The fraction of sp³-hybridized carbons (Fsp3) is 0.556. The van der Waals surface area contributed by atoms with Crippen LogP contribution in [0.4, 0.5) is 0 Å². The minimum Gasteiger partial charge on any atom is -0.241 e. The Labute approximate surface area is 80.6 Å². The Bertz CT molecular complexity index is 254. The molecule has 1 heterocycles. The summed E-state index contributed by atoms with van der Waals surface area (Å²) < 4.78 is 0. The van der Waals surface area contributed by atoms with Gasteiger partial charge >= 0.3 is 0 Å². The van der Waals surface area contributed by atoms with Crippen LogP contribution in [0.5, 0.6) is 0 Å². The van der Waals surface area contributed by atoms with E-state index in [1.165, 1.54) is 18.4 Å². The molecule has 1 aromatic heterocycles. The number of nitrogens with zero attached hydrogens (tertiary/aromatic N) is 2. The molecular formula is C9H11BrN2. The molecule has 1 aliphatic rings. The van der Waals surface area contributed by atoms with Gasteiger partial charge in [-0.25, -0.2) is 9.97 Å². The molecule has 1 fully saturated rings. The van der Waals surface area contributed by atoms with Crippen LogP contribution in [0.1, 0.15) is 30.1 Å². The summed E-state index contributed by atoms with van der Waals surface area (Å²) in [5.74, 6) is 1.70. The van der Waals surface area contributed by atoms with Crippen molar-refractivity contribution in [1.29, 1.82) is 0 Å². The van der Waals surface area contributed by atoms with Crippen molar-refractivity contribution in [3.8, 4) is 0 Å². The van der Waals surface area contributed by atoms with Crippen molar-refractivity contribution in [2.75, 3.05) is 5.33 Å². The van der Waals surface area contributed by atoms with Crippen LogP contribution in [0.2, 0.25) is 0 Å². The van der Waals surface area contributed by atoms with E-state index in [0.29, 0.717) is 5.92 Å². The predicted molar refractivity (Wildman–Crippen MR) is 51.5 cm³/mol. The van der Waals surface area contributed by atoms with Crippen molar-refractivity contribution in [1.82, 2.24) is 9.97 Å². The van der Waals surface area contributed by atoms with Gasteiger partial charge in [0.25, 0.3) is 0 Å². The van der Waals surface area contributed by atoms with Crippen molar-refractivity contribution >= 4 is 15.9 Å². The third-order valence-corrected chi connectivity index (χ3v) is 2.45. The highest BCUT2D eigenvalue weighted by atomic mass is 79.9. The average Bonchev–Trinajstić information content (AvgIpc) is 2.89. The predicted octanol–water partition coefficient (Wildman–Crippen LogP) is 2.29. The molecule has 0 amide bonds. The van der Waals surface area contributed by atoms with E-state index in [9.17, 15) is 0 Å². The molecule has 1 saturated carbocycles. The Morgan fingerprint density at radius 1 is 1.33 bits per heavy atom. The first-order valence-corrected chi connectivity index (χ1v) is 5.39. The number of aromatic nitrogens is 2. The van der Waals surface area contributed by atoms with E-state index >= 15 is 0 Å². The summed E-state index contributed by atoms with van der Waals surface area (Å²) in [4.78, 5) is 8.65. The molecule has 1 aliphatic carbocycles. The molecule has 0 saturated heterocycles. The van der Waals surface area contributed by atoms with Crippen LogP contribution in [0, 0.1) is 0 Å². The molecule has 0 spiro atoms. The van der Waals surface area contributed by atoms with Crippen LogP contribution >= 0.6 is 15.9 Å². The third kappa shape index (κ3) is 1.83. The molecule has 3 heteroatoms. The topological polar surface area (TPSA) is 25.8 Å². The van der Waals surface area contributed by atoms with Gasteiger partial charge < -0.3 is 0 Å². The quantitative estimate of drug-likeness (QED) is 0.740. The van der Waals surface area contributed by atoms with Crippen LogP contribution in [0.3, 0.4) is 0 Å². The van der Waals surface area contributed by atoms with Crippen molar-refractivity contribution in [2.45, 2.75) is 25.2 Å². The van der Waals surface area contributed by atoms with Gasteiger partial charge in [-0.3, -0.25) is 0 Å². The van der Waals surface area contributed by atoms with E-state index in [1.807, 2.05) is 12.4 Å². The summed E-state index contributed by atoms with van der Waals surface area (Å²) in [6.45, 7) is 0. The summed E-state index contributed by atoms with van der Waals surface area (Å²) in [5.41, 5.74) is 1.22. The number of hydrogen-bond donors (Lipinski definition) is 0. The van der Waals surface area contributed by atoms with Gasteiger partial charge in [0.15, 0.2) is 0 Å². The molecule has 0 bridgehead atoms. The minimum absolute atomic E-state index is 0.669. The zero-order valence-corrected chi connectivity index (χ0v) is 8.42. The summed E-state index contributed by atoms with van der Waals surface area (Å²) in [5, 5.41) is 0.985. The first kappa shape index (κ1) is 8.17. The highest BCUT2D eigenvalue weighted by molar-refractivity contribution is 9.09. The van der Waals surface area contributed by atoms with Gasteiger partial charge in [-0.1, -0.05) is 15.9 Å². The number of rotatable bonds is 3. The van der Waals surface area contributed by atoms with Crippen molar-refractivity contribution in [3.05, 3.63) is 23.8 Å². The average molecular weight is 227 g/mol. The molecular weight excluding hydrogens is 216 g/mol. The molecule has 0 N–H and O–H groups in total. The molecule has 0 aliphatic heterocycles. The summed E-state index contributed by atoms with van der Waals surface area (Å²) in [6, 6.07) is 0. The van der Waals surface area contributed by atoms with E-state index in [1.54, 1.807) is 0 Å². The first-order chi connectivity index (χ1) is 5.90. The van der Waals surface area contributed by atoms with Gasteiger partial charge in [-0.15, -0.1) is 0 Å². The van der Waals surface area contributed by atoms with Crippen molar-refractivity contribution in [3.63, 3.8) is 0 Å². The number of hydrogen-bond acceptors (Lipinski definition) is 2. The lowest BCUT2D eigenvalue weighted by atomic mass is 10.2. The molecule has 0 aromatic carbocycles. The van der Waals surface area contributed by atoms with E-state index in [4.69, 9.17) is 0 Å². The monoisotopic (exact) mass is 226 g/mol. The maximum absolute atomic E-state index is 4.33. The Kier molecular flexibility index (Phi) is 2.40. The molecule has 0 radical (unpaired) electrons. The van der Waals surface area contributed by atoms with Gasteiger partial charge in [0.2, 0.25) is 0 Å². The van der Waals surface area contributed by atoms with Crippen molar-refractivity contribution in [2.24, 2.45) is 0 Å². The second-order valence-corrected chi connectivity index (χ2v) is 3.96. The molecule has 0 unspecified atom stereocenters. The zero-order chi connectivity index (χ0) is 8.39. The summed E-state index contributed by atoms with van der Waals surface area (Å²) in [7, 11) is 0. The van der Waals surface area contributed by atoms with Crippen LogP contribution in [0.15, 0.2) is 12.4 Å². The molecule has 12 heavy (non-hydrogen) atoms. The fourth-order valence-electron chi connectivity index (χ4n) is 1.16. The van der Waals surface area contributed by atoms with Crippen molar-refractivity contribution < 1.29 is 0 Å². The highest BCUT2D eigenvalue weighted by Crippen LogP contribution is 2.37. The van der Waals surface area contributed by atoms with Gasteiger partial charge in [-0.2, -0.15) is 0 Å². The molecule has 1 aromatic rings. The van der Waals surface area contributed by atoms with E-state index in [-0.39, 0.29) is 0 Å². The minimum atomic E-state index is 0.669. The second kappa shape index (κ2) is 3.52. The SMILES string of the molecule is BrCCc1cnc(C2CC2)nc1. The molecule has 0 atom stereocenters. The first-order valence-electron chi connectivity index (χ1n) is 4.27. The lowest BCUT2D eigenvalue weighted by molar-refractivity contribution is 0.905. The standard InChI is InChI=1S/C9H11BrN2/c10-4-3-7-5-11-9(12-6-7)8-1-2-8/h5-6,8H,1-4H2. The number of aryl methyl sites for hydroxylation is 1. The maximum Gasteiger partial charge on any atom is 0.131 e. The fourth-order valence-corrected chi connectivity index (χ4v) is 1.61. The second-order valence-electron chi connectivity index (χ2n) is 3.16. The van der Waals surface area contributed by atoms with Gasteiger partial charge in [0.1, 0.15) is 5.82 Å². The lowest BCUT2D eigenvalue weighted by Crippen LogP contribution is -1.94. The van der Waals surface area contributed by atoms with E-state index < -0.39 is 0 Å². The molecule has 2 nitrogen and oxygen atoms in total. The normalized spacial score (nSPS) is 16.4. The Hall–Kier alpha value is -0.440. The number of halogens is 1. The Morgan fingerprint density at radius 3 is 2.50 bits per heavy atom. The van der Waals surface area contributed by atoms with E-state index in [0.717, 1.165) is 17.6 Å². The third-order valence-electron chi connectivity index (χ3n) is 2.05. The largest absolute Gasteiger partial charge is 0.241 e. The highest BCUT2D eigenvalue weighted by Gasteiger charge is 2.25. The summed E-state index contributed by atoms with van der Waals surface area (Å²) in [6.07, 6.45) is 7.46. The van der Waals surface area contributed by atoms with Gasteiger partial charge in [-0.05, 0) is 24.8 Å².